The number of fused-ring (bicyclic) bond motifs is 1. The molecule has 2 heteroatoms. The van der Waals surface area contributed by atoms with Gasteiger partial charge in [-0.3, -0.25) is 0 Å². The quantitative estimate of drug-likeness (QED) is 0.709. The molecule has 0 fully saturated rings. The lowest BCUT2D eigenvalue weighted by atomic mass is 9.92. The summed E-state index contributed by atoms with van der Waals surface area (Å²) in [6, 6.07) is 8.09. The Kier molecular flexibility index (Phi) is 5.71. The van der Waals surface area contributed by atoms with Gasteiger partial charge in [0, 0.05) is 11.5 Å². The van der Waals surface area contributed by atoms with Crippen molar-refractivity contribution in [3.63, 3.8) is 0 Å². The predicted octanol–water partition coefficient (Wildman–Crippen LogP) is 4.27. The van der Waals surface area contributed by atoms with Crippen molar-refractivity contribution < 1.29 is 9.84 Å². The predicted molar refractivity (Wildman–Crippen MR) is 78.7 cm³/mol. The number of para-hydroxylation sites is 1. The van der Waals surface area contributed by atoms with Gasteiger partial charge in [0.25, 0.3) is 0 Å². The molecular formula is C17H26O2. The van der Waals surface area contributed by atoms with Crippen LogP contribution in [-0.4, -0.2) is 17.8 Å². The molecule has 0 aromatic heterocycles. The zero-order chi connectivity index (χ0) is 13.5. The van der Waals surface area contributed by atoms with Crippen LogP contribution in [0.5, 0.6) is 5.75 Å². The van der Waals surface area contributed by atoms with E-state index in [2.05, 4.69) is 13.0 Å². The first-order chi connectivity index (χ1) is 9.33. The van der Waals surface area contributed by atoms with E-state index in [-0.39, 0.29) is 12.0 Å². The van der Waals surface area contributed by atoms with Crippen LogP contribution in [0.1, 0.15) is 63.4 Å². The van der Waals surface area contributed by atoms with Crippen molar-refractivity contribution in [3.8, 4) is 5.75 Å². The summed E-state index contributed by atoms with van der Waals surface area (Å²) in [6.07, 6.45) is 8.28. The summed E-state index contributed by atoms with van der Waals surface area (Å²) in [5.74, 6) is 1.13. The van der Waals surface area contributed by atoms with Crippen LogP contribution in [0.25, 0.3) is 0 Å². The van der Waals surface area contributed by atoms with Gasteiger partial charge in [0.05, 0.1) is 12.7 Å². The summed E-state index contributed by atoms with van der Waals surface area (Å²) in [5, 5.41) is 10.3. The van der Waals surface area contributed by atoms with E-state index in [0.717, 1.165) is 18.6 Å². The molecule has 0 radical (unpaired) electrons. The summed E-state index contributed by atoms with van der Waals surface area (Å²) in [4.78, 5) is 0. The van der Waals surface area contributed by atoms with E-state index >= 15 is 0 Å². The highest BCUT2D eigenvalue weighted by atomic mass is 16.5. The molecule has 2 unspecified atom stereocenters. The molecule has 1 aliphatic rings. The van der Waals surface area contributed by atoms with Crippen LogP contribution in [0.4, 0.5) is 0 Å². The Labute approximate surface area is 116 Å². The first kappa shape index (κ1) is 14.4. The number of aliphatic hydroxyl groups is 1. The van der Waals surface area contributed by atoms with E-state index in [1.807, 2.05) is 18.2 Å². The van der Waals surface area contributed by atoms with Crippen molar-refractivity contribution >= 4 is 0 Å². The molecule has 0 saturated heterocycles. The molecule has 106 valence electrons. The van der Waals surface area contributed by atoms with Crippen LogP contribution >= 0.6 is 0 Å². The van der Waals surface area contributed by atoms with Crippen molar-refractivity contribution in [2.24, 2.45) is 0 Å². The van der Waals surface area contributed by atoms with Crippen molar-refractivity contribution in [2.45, 2.75) is 63.9 Å². The van der Waals surface area contributed by atoms with Crippen LogP contribution in [-0.2, 0) is 0 Å². The molecule has 1 aromatic rings. The van der Waals surface area contributed by atoms with E-state index in [9.17, 15) is 5.11 Å². The number of hydrogen-bond acceptors (Lipinski definition) is 2. The van der Waals surface area contributed by atoms with Gasteiger partial charge in [0.2, 0.25) is 0 Å². The third-order valence-corrected chi connectivity index (χ3v) is 4.05. The number of benzene rings is 1. The van der Waals surface area contributed by atoms with E-state index in [4.69, 9.17) is 4.74 Å². The summed E-state index contributed by atoms with van der Waals surface area (Å²) in [6.45, 7) is 2.87. The van der Waals surface area contributed by atoms with Crippen LogP contribution in [0, 0.1) is 0 Å². The number of unbranched alkanes of at least 4 members (excludes halogenated alkanes) is 5. The van der Waals surface area contributed by atoms with Gasteiger partial charge in [-0.1, -0.05) is 63.6 Å². The lowest BCUT2D eigenvalue weighted by Gasteiger charge is -2.17. The Morgan fingerprint density at radius 1 is 1.16 bits per heavy atom. The molecule has 1 N–H and O–H groups in total. The summed E-state index contributed by atoms with van der Waals surface area (Å²) < 4.78 is 5.63. The molecule has 0 spiro atoms. The number of ether oxygens (including phenoxy) is 1. The highest BCUT2D eigenvalue weighted by Gasteiger charge is 2.29. The largest absolute Gasteiger partial charge is 0.493 e. The van der Waals surface area contributed by atoms with Crippen LogP contribution in [0.15, 0.2) is 24.3 Å². The fourth-order valence-corrected chi connectivity index (χ4v) is 2.84. The first-order valence-electron chi connectivity index (χ1n) is 7.72. The van der Waals surface area contributed by atoms with Crippen LogP contribution in [0.3, 0.4) is 0 Å². The van der Waals surface area contributed by atoms with E-state index in [1.54, 1.807) is 0 Å². The summed E-state index contributed by atoms with van der Waals surface area (Å²) in [5.41, 5.74) is 1.18. The maximum atomic E-state index is 10.3. The molecule has 2 atom stereocenters. The third kappa shape index (κ3) is 3.97. The Bertz CT molecular complexity index is 375. The third-order valence-electron chi connectivity index (χ3n) is 4.05. The van der Waals surface area contributed by atoms with Gasteiger partial charge in [-0.15, -0.1) is 0 Å². The smallest absolute Gasteiger partial charge is 0.123 e. The number of hydrogen-bond donors (Lipinski definition) is 1. The summed E-state index contributed by atoms with van der Waals surface area (Å²) in [7, 11) is 0. The minimum atomic E-state index is -0.255. The first-order valence-corrected chi connectivity index (χ1v) is 7.72. The molecule has 0 amide bonds. The average Bonchev–Trinajstić information content (AvgIpc) is 2.86. The normalized spacial score (nSPS) is 18.9. The molecule has 1 heterocycles. The van der Waals surface area contributed by atoms with E-state index in [1.165, 1.54) is 37.7 Å². The topological polar surface area (TPSA) is 29.5 Å². The highest BCUT2D eigenvalue weighted by molar-refractivity contribution is 5.40. The Hall–Kier alpha value is -1.02. The minimum absolute atomic E-state index is 0.173. The molecule has 2 rings (SSSR count). The van der Waals surface area contributed by atoms with Gasteiger partial charge in [0.15, 0.2) is 0 Å². The standard InChI is InChI=1S/C17H26O2/c1-2-3-4-5-6-7-11-16(18)15-13-19-17-12-9-8-10-14(15)17/h8-10,12,15-16,18H,2-7,11,13H2,1H3. The Morgan fingerprint density at radius 2 is 1.89 bits per heavy atom. The molecule has 1 aromatic carbocycles. The fourth-order valence-electron chi connectivity index (χ4n) is 2.84. The second-order valence-corrected chi connectivity index (χ2v) is 5.58. The van der Waals surface area contributed by atoms with Gasteiger partial charge in [-0.25, -0.2) is 0 Å². The van der Waals surface area contributed by atoms with Gasteiger partial charge in [-0.2, -0.15) is 0 Å². The SMILES string of the molecule is CCCCCCCCC(O)C1COc2ccccc21. The molecule has 2 nitrogen and oxygen atoms in total. The monoisotopic (exact) mass is 262 g/mol. The van der Waals surface area contributed by atoms with Crippen molar-refractivity contribution in [2.75, 3.05) is 6.61 Å². The maximum Gasteiger partial charge on any atom is 0.123 e. The molecular weight excluding hydrogens is 236 g/mol. The fraction of sp³-hybridized carbons (Fsp3) is 0.647. The summed E-state index contributed by atoms with van der Waals surface area (Å²) >= 11 is 0. The van der Waals surface area contributed by atoms with Crippen molar-refractivity contribution in [3.05, 3.63) is 29.8 Å². The van der Waals surface area contributed by atoms with Crippen molar-refractivity contribution in [1.82, 2.24) is 0 Å². The lowest BCUT2D eigenvalue weighted by Crippen LogP contribution is -2.19. The van der Waals surface area contributed by atoms with Crippen LogP contribution in [0.2, 0.25) is 0 Å². The molecule has 1 aliphatic heterocycles. The van der Waals surface area contributed by atoms with Gasteiger partial charge < -0.3 is 9.84 Å². The average molecular weight is 262 g/mol. The van der Waals surface area contributed by atoms with E-state index in [0.29, 0.717) is 6.61 Å². The second kappa shape index (κ2) is 7.54. The Balaban J connectivity index is 1.71. The second-order valence-electron chi connectivity index (χ2n) is 5.58. The number of rotatable bonds is 8. The Morgan fingerprint density at radius 3 is 2.74 bits per heavy atom. The zero-order valence-electron chi connectivity index (χ0n) is 12.0. The van der Waals surface area contributed by atoms with Gasteiger partial charge >= 0.3 is 0 Å². The molecule has 19 heavy (non-hydrogen) atoms. The minimum Gasteiger partial charge on any atom is -0.493 e. The highest BCUT2D eigenvalue weighted by Crippen LogP contribution is 2.36. The zero-order valence-corrected chi connectivity index (χ0v) is 12.0. The lowest BCUT2D eigenvalue weighted by molar-refractivity contribution is 0.117. The van der Waals surface area contributed by atoms with Gasteiger partial charge in [-0.05, 0) is 12.5 Å². The number of aliphatic hydroxyl groups excluding tert-OH is 1. The van der Waals surface area contributed by atoms with Crippen LogP contribution < -0.4 is 4.74 Å². The maximum absolute atomic E-state index is 10.3. The van der Waals surface area contributed by atoms with E-state index < -0.39 is 0 Å². The molecule has 0 bridgehead atoms. The molecule has 0 aliphatic carbocycles. The molecule has 0 saturated carbocycles. The van der Waals surface area contributed by atoms with Crippen molar-refractivity contribution in [1.29, 1.82) is 0 Å². The van der Waals surface area contributed by atoms with Gasteiger partial charge in [0.1, 0.15) is 5.75 Å².